The first-order chi connectivity index (χ1) is 15.3. The van der Waals surface area contributed by atoms with Gasteiger partial charge in [-0.2, -0.15) is 0 Å². The Hall–Kier alpha value is -3.62. The van der Waals surface area contributed by atoms with Crippen molar-refractivity contribution in [2.75, 3.05) is 14.1 Å². The van der Waals surface area contributed by atoms with Gasteiger partial charge in [0.25, 0.3) is 11.4 Å². The second-order valence-corrected chi connectivity index (χ2v) is 7.93. The maximum Gasteiger partial charge on any atom is 0.273 e. The van der Waals surface area contributed by atoms with E-state index in [2.05, 4.69) is 0 Å². The predicted molar refractivity (Wildman–Crippen MR) is 123 cm³/mol. The van der Waals surface area contributed by atoms with E-state index in [1.165, 1.54) is 12.1 Å². The van der Waals surface area contributed by atoms with Gasteiger partial charge in [0.15, 0.2) is 0 Å². The lowest BCUT2D eigenvalue weighted by molar-refractivity contribution is -0.385. The Labute approximate surface area is 187 Å². The summed E-state index contributed by atoms with van der Waals surface area (Å²) in [6.45, 7) is 2.30. The van der Waals surface area contributed by atoms with Gasteiger partial charge in [-0.1, -0.05) is 60.7 Å². The molecule has 0 fully saturated rings. The van der Waals surface area contributed by atoms with Gasteiger partial charge in [0.2, 0.25) is 0 Å². The van der Waals surface area contributed by atoms with Gasteiger partial charge in [-0.25, -0.2) is 0 Å². The van der Waals surface area contributed by atoms with E-state index < -0.39 is 0 Å². The zero-order valence-electron chi connectivity index (χ0n) is 18.2. The maximum absolute atomic E-state index is 11.2. The van der Waals surface area contributed by atoms with Gasteiger partial charge in [0.1, 0.15) is 0 Å². The molecule has 0 aliphatic carbocycles. The van der Waals surface area contributed by atoms with Crippen molar-refractivity contribution in [2.24, 2.45) is 0 Å². The highest BCUT2D eigenvalue weighted by Crippen LogP contribution is 2.21. The number of nitrogens with zero attached hydrogens (tertiary/aromatic N) is 4. The molecule has 0 saturated heterocycles. The van der Waals surface area contributed by atoms with Crippen molar-refractivity contribution in [3.05, 3.63) is 115 Å². The molecule has 166 valence electrons. The molecule has 0 aliphatic rings. The van der Waals surface area contributed by atoms with Crippen molar-refractivity contribution in [1.29, 1.82) is 0 Å². The molecule has 8 heteroatoms. The summed E-state index contributed by atoms with van der Waals surface area (Å²) >= 11 is 0. The number of hydrogen-bond acceptors (Lipinski definition) is 6. The molecule has 0 N–H and O–H groups in total. The van der Waals surface area contributed by atoms with Crippen molar-refractivity contribution in [3.8, 4) is 0 Å². The molecule has 32 heavy (non-hydrogen) atoms. The lowest BCUT2D eigenvalue weighted by Crippen LogP contribution is -2.19. The first kappa shape index (κ1) is 23.1. The topological polar surface area (TPSA) is 92.8 Å². The molecule has 0 saturated carbocycles. The molecule has 0 aliphatic heterocycles. The molecule has 0 atom stereocenters. The predicted octanol–water partition coefficient (Wildman–Crippen LogP) is 4.77. The van der Waals surface area contributed by atoms with Gasteiger partial charge in [0.05, 0.1) is 9.85 Å². The largest absolute Gasteiger partial charge is 0.298 e. The number of rotatable bonds is 10. The summed E-state index contributed by atoms with van der Waals surface area (Å²) in [4.78, 5) is 25.8. The second kappa shape index (κ2) is 10.6. The lowest BCUT2D eigenvalue weighted by atomic mass is 10.1. The van der Waals surface area contributed by atoms with Gasteiger partial charge in [-0.3, -0.25) is 30.0 Å². The van der Waals surface area contributed by atoms with Crippen LogP contribution in [0.4, 0.5) is 11.4 Å². The van der Waals surface area contributed by atoms with E-state index in [1.54, 1.807) is 24.3 Å². The fourth-order valence-electron chi connectivity index (χ4n) is 3.71. The van der Waals surface area contributed by atoms with Gasteiger partial charge in [-0.05, 0) is 25.2 Å². The molecular weight excluding hydrogens is 408 g/mol. The SMILES string of the molecule is CN(Cc1ccc(CN(C)Cc2ccccc2[N+](=O)[O-])cc1)Cc1ccccc1[N+](=O)[O-]. The van der Waals surface area contributed by atoms with E-state index in [4.69, 9.17) is 0 Å². The Bertz CT molecular complexity index is 999. The molecule has 3 aromatic rings. The smallest absolute Gasteiger partial charge is 0.273 e. The Kier molecular flexibility index (Phi) is 7.64. The van der Waals surface area contributed by atoms with Crippen LogP contribution in [0.5, 0.6) is 0 Å². The van der Waals surface area contributed by atoms with E-state index in [-0.39, 0.29) is 21.2 Å². The third-order valence-electron chi connectivity index (χ3n) is 5.19. The van der Waals surface area contributed by atoms with E-state index in [9.17, 15) is 20.2 Å². The summed E-state index contributed by atoms with van der Waals surface area (Å²) in [6.07, 6.45) is 0. The molecule has 0 aromatic heterocycles. The van der Waals surface area contributed by atoms with Crippen LogP contribution in [0.25, 0.3) is 0 Å². The molecule has 0 amide bonds. The molecule has 3 aromatic carbocycles. The molecule has 0 spiro atoms. The zero-order chi connectivity index (χ0) is 23.1. The van der Waals surface area contributed by atoms with E-state index in [1.807, 2.05) is 60.3 Å². The van der Waals surface area contributed by atoms with Crippen molar-refractivity contribution in [2.45, 2.75) is 26.2 Å². The van der Waals surface area contributed by atoms with Gasteiger partial charge in [-0.15, -0.1) is 0 Å². The fraction of sp³-hybridized carbons (Fsp3) is 0.250. The van der Waals surface area contributed by atoms with Crippen LogP contribution in [0.1, 0.15) is 22.3 Å². The molecule has 3 rings (SSSR count). The van der Waals surface area contributed by atoms with Gasteiger partial charge < -0.3 is 0 Å². The standard InChI is InChI=1S/C24H26N4O4/c1-25(17-21-7-3-5-9-23(21)27(29)30)15-19-11-13-20(14-12-19)16-26(2)18-22-8-4-6-10-24(22)28(31)32/h3-14H,15-18H2,1-2H3. The molecule has 8 nitrogen and oxygen atoms in total. The van der Waals surface area contributed by atoms with E-state index >= 15 is 0 Å². The first-order valence-electron chi connectivity index (χ1n) is 10.2. The Morgan fingerprint density at radius 1 is 0.594 bits per heavy atom. The lowest BCUT2D eigenvalue weighted by Gasteiger charge is -2.19. The Morgan fingerprint density at radius 3 is 1.28 bits per heavy atom. The van der Waals surface area contributed by atoms with Crippen LogP contribution in [0, 0.1) is 20.2 Å². The van der Waals surface area contributed by atoms with Crippen molar-refractivity contribution in [3.63, 3.8) is 0 Å². The number of hydrogen-bond donors (Lipinski definition) is 0. The van der Waals surface area contributed by atoms with Gasteiger partial charge in [0, 0.05) is 49.4 Å². The first-order valence-corrected chi connectivity index (χ1v) is 10.2. The highest BCUT2D eigenvalue weighted by molar-refractivity contribution is 5.40. The molecule has 0 heterocycles. The minimum atomic E-state index is -0.349. The van der Waals surface area contributed by atoms with Crippen LogP contribution in [-0.4, -0.2) is 33.7 Å². The number of benzene rings is 3. The highest BCUT2D eigenvalue weighted by Gasteiger charge is 2.15. The van der Waals surface area contributed by atoms with E-state index in [0.717, 1.165) is 11.1 Å². The Morgan fingerprint density at radius 2 is 0.938 bits per heavy atom. The monoisotopic (exact) mass is 434 g/mol. The summed E-state index contributed by atoms with van der Waals surface area (Å²) in [7, 11) is 3.87. The van der Waals surface area contributed by atoms with Crippen LogP contribution in [-0.2, 0) is 26.2 Å². The fourth-order valence-corrected chi connectivity index (χ4v) is 3.71. The number of nitro benzene ring substituents is 2. The van der Waals surface area contributed by atoms with Gasteiger partial charge >= 0.3 is 0 Å². The van der Waals surface area contributed by atoms with Crippen LogP contribution in [0.15, 0.2) is 72.8 Å². The van der Waals surface area contributed by atoms with Crippen molar-refractivity contribution < 1.29 is 9.85 Å². The van der Waals surface area contributed by atoms with Crippen LogP contribution in [0.3, 0.4) is 0 Å². The quantitative estimate of drug-likeness (QED) is 0.337. The summed E-state index contributed by atoms with van der Waals surface area (Å²) < 4.78 is 0. The summed E-state index contributed by atoms with van der Waals surface area (Å²) in [5, 5.41) is 22.4. The summed E-state index contributed by atoms with van der Waals surface area (Å²) in [5.74, 6) is 0. The Balaban J connectivity index is 1.57. The highest BCUT2D eigenvalue weighted by atomic mass is 16.6. The molecule has 0 radical (unpaired) electrons. The van der Waals surface area contributed by atoms with Crippen LogP contribution >= 0.6 is 0 Å². The molecule has 0 bridgehead atoms. The molecule has 0 unspecified atom stereocenters. The molecular formula is C24H26N4O4. The van der Waals surface area contributed by atoms with Crippen LogP contribution in [0.2, 0.25) is 0 Å². The third-order valence-corrected chi connectivity index (χ3v) is 5.19. The third kappa shape index (κ3) is 6.19. The summed E-state index contributed by atoms with van der Waals surface area (Å²) in [5.41, 5.74) is 3.86. The number of nitro groups is 2. The van der Waals surface area contributed by atoms with E-state index in [0.29, 0.717) is 37.3 Å². The zero-order valence-corrected chi connectivity index (χ0v) is 18.2. The van der Waals surface area contributed by atoms with Crippen molar-refractivity contribution >= 4 is 11.4 Å². The summed E-state index contributed by atoms with van der Waals surface area (Å²) in [6, 6.07) is 21.8. The van der Waals surface area contributed by atoms with Crippen molar-refractivity contribution in [1.82, 2.24) is 9.80 Å². The minimum absolute atomic E-state index is 0.136. The minimum Gasteiger partial charge on any atom is -0.298 e. The maximum atomic E-state index is 11.2. The normalized spacial score (nSPS) is 11.1. The average molecular weight is 434 g/mol. The number of para-hydroxylation sites is 2. The average Bonchev–Trinajstić information content (AvgIpc) is 2.75. The second-order valence-electron chi connectivity index (χ2n) is 7.93. The van der Waals surface area contributed by atoms with Crippen LogP contribution < -0.4 is 0 Å².